The zero-order valence-electron chi connectivity index (χ0n) is 13.6. The van der Waals surface area contributed by atoms with Gasteiger partial charge in [-0.25, -0.2) is 4.98 Å². The quantitative estimate of drug-likeness (QED) is 0.529. The first kappa shape index (κ1) is 16.2. The maximum absolute atomic E-state index is 12.7. The minimum absolute atomic E-state index is 0.210. The van der Waals surface area contributed by atoms with Gasteiger partial charge in [-0.05, 0) is 48.0 Å². The Bertz CT molecular complexity index is 1050. The van der Waals surface area contributed by atoms with Crippen molar-refractivity contribution in [3.63, 3.8) is 0 Å². The molecule has 7 nitrogen and oxygen atoms in total. The van der Waals surface area contributed by atoms with Crippen LogP contribution in [-0.2, 0) is 5.75 Å². The van der Waals surface area contributed by atoms with Crippen LogP contribution in [0.5, 0.6) is 0 Å². The van der Waals surface area contributed by atoms with Gasteiger partial charge in [0.15, 0.2) is 0 Å². The molecule has 0 aliphatic heterocycles. The molecule has 8 heteroatoms. The number of aromatic nitrogens is 5. The number of pyridine rings is 2. The number of hydrogen-bond acceptors (Lipinski definition) is 6. The van der Waals surface area contributed by atoms with Crippen LogP contribution in [0, 0.1) is 0 Å². The maximum atomic E-state index is 12.7. The summed E-state index contributed by atoms with van der Waals surface area (Å²) in [6.45, 7) is 0. The van der Waals surface area contributed by atoms with Gasteiger partial charge < -0.3 is 5.32 Å². The van der Waals surface area contributed by atoms with Crippen molar-refractivity contribution in [3.05, 3.63) is 72.2 Å². The van der Waals surface area contributed by atoms with Crippen molar-refractivity contribution in [1.82, 2.24) is 25.4 Å². The van der Waals surface area contributed by atoms with Gasteiger partial charge in [-0.3, -0.25) is 9.78 Å². The molecular formula is C18H14N6OS. The first-order valence-electron chi connectivity index (χ1n) is 7.88. The van der Waals surface area contributed by atoms with Gasteiger partial charge >= 0.3 is 0 Å². The van der Waals surface area contributed by atoms with Gasteiger partial charge in [0.05, 0.1) is 5.56 Å². The van der Waals surface area contributed by atoms with Crippen molar-refractivity contribution in [2.24, 2.45) is 0 Å². The van der Waals surface area contributed by atoms with E-state index in [2.05, 4.69) is 30.7 Å². The number of benzene rings is 1. The highest BCUT2D eigenvalue weighted by Gasteiger charge is 2.13. The van der Waals surface area contributed by atoms with E-state index < -0.39 is 0 Å². The zero-order valence-corrected chi connectivity index (χ0v) is 14.4. The van der Waals surface area contributed by atoms with Crippen LogP contribution in [0.4, 0.5) is 5.69 Å². The van der Waals surface area contributed by atoms with E-state index >= 15 is 0 Å². The molecular weight excluding hydrogens is 348 g/mol. The number of fused-ring (bicyclic) bond motifs is 1. The number of nitrogens with one attached hydrogen (secondary N) is 2. The zero-order chi connectivity index (χ0) is 17.8. The summed E-state index contributed by atoms with van der Waals surface area (Å²) >= 11 is 1.52. The van der Waals surface area contributed by atoms with Crippen LogP contribution in [0.3, 0.4) is 0 Å². The van der Waals surface area contributed by atoms with E-state index in [0.29, 0.717) is 27.5 Å². The monoisotopic (exact) mass is 362 g/mol. The number of hydrogen-bond donors (Lipinski definition) is 2. The minimum Gasteiger partial charge on any atom is -0.322 e. The van der Waals surface area contributed by atoms with Gasteiger partial charge in [0.1, 0.15) is 16.1 Å². The van der Waals surface area contributed by atoms with E-state index in [-0.39, 0.29) is 5.91 Å². The third kappa shape index (κ3) is 3.55. The van der Waals surface area contributed by atoms with Gasteiger partial charge in [-0.2, -0.15) is 15.4 Å². The summed E-state index contributed by atoms with van der Waals surface area (Å²) in [5.41, 5.74) is 3.76. The lowest BCUT2D eigenvalue weighted by atomic mass is 10.2. The molecule has 128 valence electrons. The fourth-order valence-corrected chi connectivity index (χ4v) is 3.37. The molecule has 3 aromatic heterocycles. The molecule has 3 heterocycles. The average Bonchev–Trinajstić information content (AvgIpc) is 3.15. The van der Waals surface area contributed by atoms with Crippen LogP contribution in [0.15, 0.2) is 66.1 Å². The molecule has 0 radical (unpaired) electrons. The Morgan fingerprint density at radius 3 is 2.77 bits per heavy atom. The highest BCUT2D eigenvalue weighted by molar-refractivity contribution is 7.98. The van der Waals surface area contributed by atoms with E-state index in [1.54, 1.807) is 48.9 Å². The first-order valence-corrected chi connectivity index (χ1v) is 8.87. The molecule has 2 N–H and O–H groups in total. The van der Waals surface area contributed by atoms with Crippen molar-refractivity contribution in [1.29, 1.82) is 0 Å². The van der Waals surface area contributed by atoms with E-state index in [0.717, 1.165) is 11.1 Å². The standard InChI is InChI=1S/C18H14N6OS/c25-17(21-13-3-4-15-16(10-13)23-24-22-15)14-2-1-7-20-18(14)26-11-12-5-8-19-9-6-12/h1-10H,11H2,(H,21,25)(H,22,23,24). The number of carbonyl (C=O) groups excluding carboxylic acids is 1. The number of aromatic amines is 1. The SMILES string of the molecule is O=C(Nc1ccc2n[nH]nc2c1)c1cccnc1SCc1ccncc1. The molecule has 0 bridgehead atoms. The third-order valence-electron chi connectivity index (χ3n) is 3.71. The summed E-state index contributed by atoms with van der Waals surface area (Å²) < 4.78 is 0. The molecule has 0 unspecified atom stereocenters. The molecule has 1 aromatic carbocycles. The van der Waals surface area contributed by atoms with Gasteiger partial charge in [0.25, 0.3) is 5.91 Å². The summed E-state index contributed by atoms with van der Waals surface area (Å²) in [5, 5.41) is 14.2. The van der Waals surface area contributed by atoms with Crippen molar-refractivity contribution in [2.45, 2.75) is 10.8 Å². The third-order valence-corrected chi connectivity index (χ3v) is 4.79. The smallest absolute Gasteiger partial charge is 0.258 e. The molecule has 4 rings (SSSR count). The molecule has 0 aliphatic rings. The molecule has 4 aromatic rings. The molecule has 0 saturated heterocycles. The Balaban J connectivity index is 1.52. The Labute approximate surface area is 153 Å². The van der Waals surface area contributed by atoms with Gasteiger partial charge in [-0.15, -0.1) is 11.8 Å². The summed E-state index contributed by atoms with van der Waals surface area (Å²) in [6.07, 6.45) is 5.19. The van der Waals surface area contributed by atoms with E-state index in [1.807, 2.05) is 12.1 Å². The average molecular weight is 362 g/mol. The van der Waals surface area contributed by atoms with Crippen molar-refractivity contribution >= 4 is 34.4 Å². The van der Waals surface area contributed by atoms with Crippen molar-refractivity contribution in [2.75, 3.05) is 5.32 Å². The summed E-state index contributed by atoms with van der Waals surface area (Å²) in [7, 11) is 0. The van der Waals surface area contributed by atoms with Crippen molar-refractivity contribution < 1.29 is 4.79 Å². The number of nitrogens with zero attached hydrogens (tertiary/aromatic N) is 4. The number of thioether (sulfide) groups is 1. The Morgan fingerprint density at radius 2 is 1.88 bits per heavy atom. The van der Waals surface area contributed by atoms with E-state index in [9.17, 15) is 4.79 Å². The molecule has 26 heavy (non-hydrogen) atoms. The van der Waals surface area contributed by atoms with E-state index in [1.165, 1.54) is 11.8 Å². The second-order valence-corrected chi connectivity index (χ2v) is 6.45. The predicted octanol–water partition coefficient (Wildman–Crippen LogP) is 3.29. The van der Waals surface area contributed by atoms with Gasteiger partial charge in [0.2, 0.25) is 0 Å². The minimum atomic E-state index is -0.210. The van der Waals surface area contributed by atoms with Crippen LogP contribution in [0.1, 0.15) is 15.9 Å². The van der Waals surface area contributed by atoms with Crippen LogP contribution >= 0.6 is 11.8 Å². The lowest BCUT2D eigenvalue weighted by Gasteiger charge is -2.09. The number of amides is 1. The van der Waals surface area contributed by atoms with Crippen LogP contribution in [-0.4, -0.2) is 31.3 Å². The summed E-state index contributed by atoms with van der Waals surface area (Å²) in [4.78, 5) is 21.1. The number of rotatable bonds is 5. The number of H-pyrrole nitrogens is 1. The van der Waals surface area contributed by atoms with Crippen LogP contribution < -0.4 is 5.32 Å². The topological polar surface area (TPSA) is 96.5 Å². The van der Waals surface area contributed by atoms with Crippen LogP contribution in [0.2, 0.25) is 0 Å². The van der Waals surface area contributed by atoms with Gasteiger partial charge in [-0.1, -0.05) is 0 Å². The fraction of sp³-hybridized carbons (Fsp3) is 0.0556. The molecule has 1 amide bonds. The highest BCUT2D eigenvalue weighted by Crippen LogP contribution is 2.25. The summed E-state index contributed by atoms with van der Waals surface area (Å²) in [5.74, 6) is 0.503. The Morgan fingerprint density at radius 1 is 1.04 bits per heavy atom. The Hall–Kier alpha value is -3.26. The normalized spacial score (nSPS) is 10.8. The molecule has 0 aliphatic carbocycles. The largest absolute Gasteiger partial charge is 0.322 e. The van der Waals surface area contributed by atoms with Crippen molar-refractivity contribution in [3.8, 4) is 0 Å². The second kappa shape index (κ2) is 7.32. The predicted molar refractivity (Wildman–Crippen MR) is 99.9 cm³/mol. The van der Waals surface area contributed by atoms with Crippen LogP contribution in [0.25, 0.3) is 11.0 Å². The number of carbonyl (C=O) groups is 1. The molecule has 0 saturated carbocycles. The molecule has 0 atom stereocenters. The number of anilines is 1. The molecule has 0 spiro atoms. The van der Waals surface area contributed by atoms with Gasteiger partial charge in [0, 0.05) is 30.0 Å². The fourth-order valence-electron chi connectivity index (χ4n) is 2.43. The Kier molecular flexibility index (Phi) is 4.57. The lowest BCUT2D eigenvalue weighted by Crippen LogP contribution is -2.13. The van der Waals surface area contributed by atoms with E-state index in [4.69, 9.17) is 0 Å². The second-order valence-electron chi connectivity index (χ2n) is 5.48. The highest BCUT2D eigenvalue weighted by atomic mass is 32.2. The maximum Gasteiger partial charge on any atom is 0.258 e. The molecule has 0 fully saturated rings. The lowest BCUT2D eigenvalue weighted by molar-refractivity contribution is 0.102. The summed E-state index contributed by atoms with van der Waals surface area (Å²) in [6, 6.07) is 12.8. The first-order chi connectivity index (χ1) is 12.8.